The Balaban J connectivity index is 2.08. The Morgan fingerprint density at radius 2 is 2.28 bits per heavy atom. The highest BCUT2D eigenvalue weighted by atomic mass is 31.0. The first kappa shape index (κ1) is 11.8. The van der Waals surface area contributed by atoms with Crippen LogP contribution in [-0.2, 0) is 13.0 Å². The Bertz CT molecular complexity index is 567. The lowest BCUT2D eigenvalue weighted by Gasteiger charge is -2.13. The van der Waals surface area contributed by atoms with Gasteiger partial charge in [-0.1, -0.05) is 32.7 Å². The predicted octanol–water partition coefficient (Wildman–Crippen LogP) is 2.58. The number of benzene rings is 1. The maximum absolute atomic E-state index is 5.09. The van der Waals surface area contributed by atoms with Gasteiger partial charge in [-0.2, -0.15) is 4.98 Å². The number of fused-ring (bicyclic) bond motifs is 1. The van der Waals surface area contributed by atoms with E-state index in [0.29, 0.717) is 11.7 Å². The molecule has 0 amide bonds. The highest BCUT2D eigenvalue weighted by Gasteiger charge is 2.17. The summed E-state index contributed by atoms with van der Waals surface area (Å²) in [5.74, 6) is 1.32. The fourth-order valence-electron chi connectivity index (χ4n) is 2.45. The van der Waals surface area contributed by atoms with Crippen molar-refractivity contribution in [3.05, 3.63) is 35.2 Å². The maximum atomic E-state index is 5.09. The highest BCUT2D eigenvalue weighted by Crippen LogP contribution is 2.29. The molecule has 1 aliphatic heterocycles. The van der Waals surface area contributed by atoms with Crippen molar-refractivity contribution >= 4 is 9.39 Å². The summed E-state index contributed by atoms with van der Waals surface area (Å²) in [7, 11) is 2.79. The molecule has 18 heavy (non-hydrogen) atoms. The summed E-state index contributed by atoms with van der Waals surface area (Å²) >= 11 is 0. The largest absolute Gasteiger partial charge is 0.339 e. The number of hydrogen-bond donors (Lipinski definition) is 0. The second-order valence-electron chi connectivity index (χ2n) is 4.65. The van der Waals surface area contributed by atoms with Crippen LogP contribution in [0.4, 0.5) is 0 Å². The minimum Gasteiger partial charge on any atom is -0.339 e. The Morgan fingerprint density at radius 3 is 3.06 bits per heavy atom. The molecule has 0 saturated heterocycles. The van der Waals surface area contributed by atoms with E-state index < -0.39 is 0 Å². The van der Waals surface area contributed by atoms with Gasteiger partial charge >= 0.3 is 0 Å². The lowest BCUT2D eigenvalue weighted by atomic mass is 9.97. The molecule has 1 aliphatic rings. The summed E-state index contributed by atoms with van der Waals surface area (Å²) in [6.45, 7) is 3.89. The normalized spacial score (nSPS) is 16.3. The number of hydrogen-bond acceptors (Lipinski definition) is 4. The van der Waals surface area contributed by atoms with Gasteiger partial charge in [0.15, 0.2) is 0 Å². The monoisotopic (exact) mass is 261 g/mol. The third kappa shape index (κ3) is 2.18. The summed E-state index contributed by atoms with van der Waals surface area (Å²) in [6, 6.07) is 6.35. The van der Waals surface area contributed by atoms with Gasteiger partial charge in [0.25, 0.3) is 0 Å². The van der Waals surface area contributed by atoms with Crippen molar-refractivity contribution < 1.29 is 4.52 Å². The minimum atomic E-state index is 0.615. The molecule has 0 fully saturated rings. The molecule has 1 unspecified atom stereocenters. The smallest absolute Gasteiger partial charge is 0.223 e. The second kappa shape index (κ2) is 4.79. The van der Waals surface area contributed by atoms with E-state index in [4.69, 9.17) is 4.52 Å². The van der Waals surface area contributed by atoms with E-state index in [9.17, 15) is 0 Å². The van der Waals surface area contributed by atoms with E-state index >= 15 is 0 Å². The molecule has 0 radical (unpaired) electrons. The predicted molar refractivity (Wildman–Crippen MR) is 72.9 cm³/mol. The zero-order valence-electron chi connectivity index (χ0n) is 10.4. The summed E-state index contributed by atoms with van der Waals surface area (Å²) in [5.41, 5.74) is 3.84. The molecule has 1 atom stereocenters. The number of aryl methyl sites for hydroxylation is 1. The van der Waals surface area contributed by atoms with Crippen molar-refractivity contribution in [3.63, 3.8) is 0 Å². The van der Waals surface area contributed by atoms with Gasteiger partial charge in [0.2, 0.25) is 11.7 Å². The van der Waals surface area contributed by atoms with E-state index in [-0.39, 0.29) is 0 Å². The van der Waals surface area contributed by atoms with Crippen molar-refractivity contribution in [3.8, 4) is 11.4 Å². The molecule has 0 spiro atoms. The van der Waals surface area contributed by atoms with Crippen LogP contribution in [0.3, 0.4) is 0 Å². The van der Waals surface area contributed by atoms with Crippen LogP contribution >= 0.6 is 9.39 Å². The van der Waals surface area contributed by atoms with E-state index in [1.165, 1.54) is 11.1 Å². The summed E-state index contributed by atoms with van der Waals surface area (Å²) in [4.78, 5) is 4.34. The third-order valence-electron chi connectivity index (χ3n) is 3.29. The second-order valence-corrected chi connectivity index (χ2v) is 5.38. The van der Waals surface area contributed by atoms with E-state index in [2.05, 4.69) is 42.4 Å². The SMILES string of the molecule is Cc1nc(-c2cccc3c2CCCN(P)C3)no1. The van der Waals surface area contributed by atoms with Gasteiger partial charge in [0.05, 0.1) is 0 Å². The number of rotatable bonds is 1. The van der Waals surface area contributed by atoms with Crippen LogP contribution in [0.5, 0.6) is 0 Å². The van der Waals surface area contributed by atoms with Gasteiger partial charge in [-0.05, 0) is 24.0 Å². The fourth-order valence-corrected chi connectivity index (χ4v) is 2.83. The van der Waals surface area contributed by atoms with Crippen molar-refractivity contribution in [1.82, 2.24) is 14.8 Å². The van der Waals surface area contributed by atoms with Crippen LogP contribution in [-0.4, -0.2) is 21.4 Å². The molecule has 0 N–H and O–H groups in total. The summed E-state index contributed by atoms with van der Waals surface area (Å²) < 4.78 is 7.36. The Kier molecular flexibility index (Phi) is 3.14. The van der Waals surface area contributed by atoms with Crippen LogP contribution in [0, 0.1) is 6.92 Å². The van der Waals surface area contributed by atoms with Crippen LogP contribution in [0.25, 0.3) is 11.4 Å². The van der Waals surface area contributed by atoms with E-state index in [1.807, 2.05) is 6.92 Å². The quantitative estimate of drug-likeness (QED) is 0.740. The number of aromatic nitrogens is 2. The van der Waals surface area contributed by atoms with Crippen LogP contribution in [0.15, 0.2) is 22.7 Å². The summed E-state index contributed by atoms with van der Waals surface area (Å²) in [6.07, 6.45) is 2.23. The zero-order chi connectivity index (χ0) is 12.5. The maximum Gasteiger partial charge on any atom is 0.223 e. The van der Waals surface area contributed by atoms with Gasteiger partial charge in [0, 0.05) is 25.6 Å². The molecule has 1 aromatic carbocycles. The Hall–Kier alpha value is -1.25. The highest BCUT2D eigenvalue weighted by molar-refractivity contribution is 7.13. The molecular formula is C13H16N3OP. The van der Waals surface area contributed by atoms with Crippen molar-refractivity contribution in [1.29, 1.82) is 0 Å². The van der Waals surface area contributed by atoms with Crippen LogP contribution in [0.2, 0.25) is 0 Å². The van der Waals surface area contributed by atoms with Crippen LogP contribution < -0.4 is 0 Å². The lowest BCUT2D eigenvalue weighted by Crippen LogP contribution is -2.09. The van der Waals surface area contributed by atoms with Gasteiger partial charge in [-0.3, -0.25) is 4.67 Å². The molecule has 1 aromatic heterocycles. The van der Waals surface area contributed by atoms with E-state index in [0.717, 1.165) is 31.5 Å². The van der Waals surface area contributed by atoms with Crippen LogP contribution in [0.1, 0.15) is 23.4 Å². The molecule has 4 nitrogen and oxygen atoms in total. The first-order chi connectivity index (χ1) is 8.74. The molecule has 0 aliphatic carbocycles. The first-order valence-electron chi connectivity index (χ1n) is 6.15. The standard InChI is InChI=1S/C13H16N3OP/c1-9-14-13(15-17-9)12-5-2-4-10-8-16(18)7-3-6-11(10)12/h2,4-5H,3,6-8,18H2,1H3. The van der Waals surface area contributed by atoms with Crippen molar-refractivity contribution in [2.24, 2.45) is 0 Å². The third-order valence-corrected chi connectivity index (χ3v) is 3.73. The lowest BCUT2D eigenvalue weighted by molar-refractivity contribution is 0.394. The molecule has 0 bridgehead atoms. The van der Waals surface area contributed by atoms with Gasteiger partial charge < -0.3 is 4.52 Å². The van der Waals surface area contributed by atoms with Crippen molar-refractivity contribution in [2.75, 3.05) is 6.54 Å². The first-order valence-corrected chi connectivity index (χ1v) is 6.67. The average molecular weight is 261 g/mol. The van der Waals surface area contributed by atoms with Gasteiger partial charge in [-0.25, -0.2) is 0 Å². The topological polar surface area (TPSA) is 42.2 Å². The fraction of sp³-hybridized carbons (Fsp3) is 0.385. The molecule has 3 rings (SSSR count). The van der Waals surface area contributed by atoms with E-state index in [1.54, 1.807) is 0 Å². The molecular weight excluding hydrogens is 245 g/mol. The average Bonchev–Trinajstić information content (AvgIpc) is 2.68. The Labute approximate surface area is 109 Å². The zero-order valence-corrected chi connectivity index (χ0v) is 11.5. The molecule has 0 saturated carbocycles. The van der Waals surface area contributed by atoms with Crippen molar-refractivity contribution in [2.45, 2.75) is 26.3 Å². The molecule has 2 heterocycles. The number of nitrogens with zero attached hydrogens (tertiary/aromatic N) is 3. The summed E-state index contributed by atoms with van der Waals surface area (Å²) in [5, 5.41) is 4.04. The van der Waals surface area contributed by atoms with Gasteiger partial charge in [-0.15, -0.1) is 0 Å². The molecule has 2 aromatic rings. The van der Waals surface area contributed by atoms with Gasteiger partial charge in [0.1, 0.15) is 0 Å². The Morgan fingerprint density at radius 1 is 1.39 bits per heavy atom. The molecule has 94 valence electrons. The minimum absolute atomic E-state index is 0.615. The molecule has 5 heteroatoms.